The van der Waals surface area contributed by atoms with E-state index in [9.17, 15) is 0 Å². The van der Waals surface area contributed by atoms with Crippen molar-refractivity contribution in [1.29, 1.82) is 0 Å². The summed E-state index contributed by atoms with van der Waals surface area (Å²) in [4.78, 5) is 3.28. The molecule has 0 aliphatic carbocycles. The molecule has 0 radical (unpaired) electrons. The Morgan fingerprint density at radius 2 is 1.94 bits per heavy atom. The first-order chi connectivity index (χ1) is 8.33. The van der Waals surface area contributed by atoms with Crippen molar-refractivity contribution in [2.75, 3.05) is 0 Å². The van der Waals surface area contributed by atoms with E-state index in [1.165, 1.54) is 43.1 Å². The van der Waals surface area contributed by atoms with Gasteiger partial charge in [-0.3, -0.25) is 0 Å². The highest BCUT2D eigenvalue weighted by Gasteiger charge is 2.05. The predicted molar refractivity (Wildman–Crippen MR) is 75.8 cm³/mol. The summed E-state index contributed by atoms with van der Waals surface area (Å²) in [5.41, 5.74) is 2.48. The predicted octanol–water partition coefficient (Wildman–Crippen LogP) is 5.33. The number of aryl methyl sites for hydroxylation is 1. The third kappa shape index (κ3) is 3.04. The van der Waals surface area contributed by atoms with Gasteiger partial charge in [-0.1, -0.05) is 56.3 Å². The molecule has 0 unspecified atom stereocenters. The molecule has 2 rings (SSSR count). The van der Waals surface area contributed by atoms with Crippen LogP contribution in [0, 0.1) is 0 Å². The van der Waals surface area contributed by atoms with E-state index < -0.39 is 0 Å². The van der Waals surface area contributed by atoms with Crippen LogP contribution in [0.2, 0.25) is 5.02 Å². The number of rotatable bonds is 6. The summed E-state index contributed by atoms with van der Waals surface area (Å²) in [5.74, 6) is 0. The van der Waals surface area contributed by atoms with E-state index in [0.29, 0.717) is 0 Å². The monoisotopic (exact) mass is 249 g/mol. The normalized spacial score (nSPS) is 11.2. The van der Waals surface area contributed by atoms with Gasteiger partial charge in [0.1, 0.15) is 0 Å². The maximum atomic E-state index is 6.14. The van der Waals surface area contributed by atoms with Crippen LogP contribution < -0.4 is 0 Å². The fraction of sp³-hybridized carbons (Fsp3) is 0.467. The van der Waals surface area contributed by atoms with Gasteiger partial charge in [0.2, 0.25) is 0 Å². The number of para-hydroxylation sites is 1. The molecule has 0 atom stereocenters. The van der Waals surface area contributed by atoms with Gasteiger partial charge in [0.15, 0.2) is 0 Å². The van der Waals surface area contributed by atoms with Crippen molar-refractivity contribution in [2.45, 2.75) is 45.4 Å². The number of halogens is 1. The highest BCUT2D eigenvalue weighted by molar-refractivity contribution is 6.35. The number of unbranched alkanes of at least 4 members (excludes halogenated alkanes) is 4. The minimum atomic E-state index is 0.819. The van der Waals surface area contributed by atoms with Crippen molar-refractivity contribution in [3.63, 3.8) is 0 Å². The molecule has 1 nitrogen and oxygen atoms in total. The Morgan fingerprint density at radius 3 is 2.76 bits per heavy atom. The van der Waals surface area contributed by atoms with Crippen LogP contribution in [0.15, 0.2) is 24.4 Å². The molecule has 92 valence electrons. The van der Waals surface area contributed by atoms with E-state index in [1.54, 1.807) is 0 Å². The molecule has 1 heterocycles. The number of aromatic amines is 1. The van der Waals surface area contributed by atoms with Crippen LogP contribution in [0.4, 0.5) is 0 Å². The molecule has 0 aliphatic heterocycles. The van der Waals surface area contributed by atoms with E-state index in [-0.39, 0.29) is 0 Å². The molecule has 17 heavy (non-hydrogen) atoms. The highest BCUT2D eigenvalue weighted by Crippen LogP contribution is 2.26. The fourth-order valence-corrected chi connectivity index (χ4v) is 2.53. The lowest BCUT2D eigenvalue weighted by atomic mass is 10.0. The molecule has 0 amide bonds. The molecule has 0 aliphatic rings. The number of hydrogen-bond donors (Lipinski definition) is 1. The number of H-pyrrole nitrogens is 1. The summed E-state index contributed by atoms with van der Waals surface area (Å²) in [6.45, 7) is 2.25. The maximum absolute atomic E-state index is 6.14. The molecule has 2 aromatic rings. The van der Waals surface area contributed by atoms with Crippen LogP contribution in [0.3, 0.4) is 0 Å². The molecule has 0 saturated heterocycles. The Hall–Kier alpha value is -0.950. The van der Waals surface area contributed by atoms with Gasteiger partial charge in [0, 0.05) is 11.6 Å². The minimum absolute atomic E-state index is 0.819. The SMILES string of the molecule is CCCCCCCc1c[nH]c2c(Cl)cccc12. The smallest absolute Gasteiger partial charge is 0.0647 e. The number of aromatic nitrogens is 1. The first-order valence-corrected chi connectivity index (χ1v) is 6.95. The number of hydrogen-bond acceptors (Lipinski definition) is 0. The van der Waals surface area contributed by atoms with Crippen molar-refractivity contribution in [2.24, 2.45) is 0 Å². The molecule has 0 saturated carbocycles. The largest absolute Gasteiger partial charge is 0.360 e. The van der Waals surface area contributed by atoms with E-state index in [0.717, 1.165) is 17.0 Å². The topological polar surface area (TPSA) is 15.8 Å². The second kappa shape index (κ2) is 6.11. The lowest BCUT2D eigenvalue weighted by Gasteiger charge is -2.00. The number of fused-ring (bicyclic) bond motifs is 1. The van der Waals surface area contributed by atoms with E-state index in [1.807, 2.05) is 12.1 Å². The summed E-state index contributed by atoms with van der Waals surface area (Å²) < 4.78 is 0. The van der Waals surface area contributed by atoms with Crippen molar-refractivity contribution in [3.8, 4) is 0 Å². The molecular weight excluding hydrogens is 230 g/mol. The standard InChI is InChI=1S/C15H20ClN/c1-2-3-4-5-6-8-12-11-17-15-13(12)9-7-10-14(15)16/h7,9-11,17H,2-6,8H2,1H3. The maximum Gasteiger partial charge on any atom is 0.0647 e. The molecule has 0 bridgehead atoms. The van der Waals surface area contributed by atoms with Gasteiger partial charge in [0.25, 0.3) is 0 Å². The lowest BCUT2D eigenvalue weighted by Crippen LogP contribution is -1.84. The molecule has 2 heteroatoms. The zero-order valence-corrected chi connectivity index (χ0v) is 11.2. The summed E-state index contributed by atoms with van der Waals surface area (Å²) in [5, 5.41) is 2.10. The second-order valence-electron chi connectivity index (χ2n) is 4.64. The highest BCUT2D eigenvalue weighted by atomic mass is 35.5. The quantitative estimate of drug-likeness (QED) is 0.666. The van der Waals surface area contributed by atoms with E-state index in [2.05, 4.69) is 24.2 Å². The summed E-state index contributed by atoms with van der Waals surface area (Å²) in [6, 6.07) is 6.11. The molecule has 1 N–H and O–H groups in total. The van der Waals surface area contributed by atoms with Crippen molar-refractivity contribution >= 4 is 22.5 Å². The molecule has 1 aromatic heterocycles. The van der Waals surface area contributed by atoms with Crippen LogP contribution in [0.5, 0.6) is 0 Å². The van der Waals surface area contributed by atoms with Gasteiger partial charge in [-0.15, -0.1) is 0 Å². The Balaban J connectivity index is 1.97. The van der Waals surface area contributed by atoms with Crippen LogP contribution in [-0.4, -0.2) is 4.98 Å². The van der Waals surface area contributed by atoms with Gasteiger partial charge < -0.3 is 4.98 Å². The molecule has 0 fully saturated rings. The third-order valence-corrected chi connectivity index (χ3v) is 3.61. The average Bonchev–Trinajstić information content (AvgIpc) is 2.74. The van der Waals surface area contributed by atoms with Crippen molar-refractivity contribution in [1.82, 2.24) is 4.98 Å². The first-order valence-electron chi connectivity index (χ1n) is 6.57. The third-order valence-electron chi connectivity index (χ3n) is 3.30. The zero-order chi connectivity index (χ0) is 12.1. The molecule has 1 aromatic carbocycles. The Morgan fingerprint density at radius 1 is 1.12 bits per heavy atom. The number of benzene rings is 1. The van der Waals surface area contributed by atoms with Crippen LogP contribution in [0.25, 0.3) is 10.9 Å². The molecule has 0 spiro atoms. The van der Waals surface area contributed by atoms with E-state index in [4.69, 9.17) is 11.6 Å². The lowest BCUT2D eigenvalue weighted by molar-refractivity contribution is 0.633. The Bertz CT molecular complexity index is 473. The van der Waals surface area contributed by atoms with Gasteiger partial charge >= 0.3 is 0 Å². The van der Waals surface area contributed by atoms with Crippen LogP contribution in [0.1, 0.15) is 44.6 Å². The summed E-state index contributed by atoms with van der Waals surface area (Å²) in [6.07, 6.45) is 9.91. The van der Waals surface area contributed by atoms with Gasteiger partial charge in [-0.25, -0.2) is 0 Å². The average molecular weight is 250 g/mol. The number of nitrogens with one attached hydrogen (secondary N) is 1. The summed E-state index contributed by atoms with van der Waals surface area (Å²) >= 11 is 6.14. The Labute approximate surface area is 108 Å². The Kier molecular flexibility index (Phi) is 4.49. The van der Waals surface area contributed by atoms with Gasteiger partial charge in [-0.05, 0) is 24.5 Å². The van der Waals surface area contributed by atoms with Crippen molar-refractivity contribution in [3.05, 3.63) is 35.0 Å². The van der Waals surface area contributed by atoms with Crippen LogP contribution >= 0.6 is 11.6 Å². The van der Waals surface area contributed by atoms with E-state index >= 15 is 0 Å². The minimum Gasteiger partial charge on any atom is -0.360 e. The van der Waals surface area contributed by atoms with Crippen LogP contribution in [-0.2, 0) is 6.42 Å². The molecular formula is C15H20ClN. The zero-order valence-electron chi connectivity index (χ0n) is 10.4. The first kappa shape index (κ1) is 12.5. The van der Waals surface area contributed by atoms with Crippen molar-refractivity contribution < 1.29 is 0 Å². The van der Waals surface area contributed by atoms with Gasteiger partial charge in [0.05, 0.1) is 10.5 Å². The fourth-order valence-electron chi connectivity index (χ4n) is 2.30. The second-order valence-corrected chi connectivity index (χ2v) is 5.05. The summed E-state index contributed by atoms with van der Waals surface area (Å²) in [7, 11) is 0. The van der Waals surface area contributed by atoms with Gasteiger partial charge in [-0.2, -0.15) is 0 Å².